The van der Waals surface area contributed by atoms with Crippen LogP contribution in [0.25, 0.3) is 0 Å². The summed E-state index contributed by atoms with van der Waals surface area (Å²) >= 11 is 6.55. The molecule has 0 amide bonds. The van der Waals surface area contributed by atoms with Crippen molar-refractivity contribution in [2.75, 3.05) is 18.4 Å². The number of hydrogen-bond donors (Lipinski definition) is 2. The molecule has 1 aromatic rings. The maximum Gasteiger partial charge on any atom is 0.237 e. The zero-order valence-corrected chi connectivity index (χ0v) is 13.8. The Morgan fingerprint density at radius 2 is 2.00 bits per heavy atom. The summed E-state index contributed by atoms with van der Waals surface area (Å²) in [7, 11) is -2.14. The maximum atomic E-state index is 11.8. The highest BCUT2D eigenvalue weighted by molar-refractivity contribution is 9.11. The molecule has 0 spiro atoms. The number of rotatable bonds is 5. The van der Waals surface area contributed by atoms with Crippen LogP contribution >= 0.6 is 31.9 Å². The fourth-order valence-electron chi connectivity index (χ4n) is 1.12. The van der Waals surface area contributed by atoms with Gasteiger partial charge in [-0.2, -0.15) is 0 Å². The second kappa shape index (κ2) is 6.23. The Labute approximate surface area is 123 Å². The minimum absolute atomic E-state index is 0.357. The van der Waals surface area contributed by atoms with Gasteiger partial charge in [0.25, 0.3) is 0 Å². The highest BCUT2D eigenvalue weighted by atomic mass is 79.9. The van der Waals surface area contributed by atoms with Gasteiger partial charge in [0.1, 0.15) is 11.0 Å². The predicted molar refractivity (Wildman–Crippen MR) is 77.5 cm³/mol. The SMILES string of the molecule is COc1cc(NS(=O)(=O)C(C)CO)c(Br)cc1Br. The van der Waals surface area contributed by atoms with Crippen LogP contribution in [0.5, 0.6) is 5.75 Å². The van der Waals surface area contributed by atoms with E-state index < -0.39 is 21.9 Å². The Balaban J connectivity index is 3.12. The molecule has 0 bridgehead atoms. The Kier molecular flexibility index (Phi) is 5.45. The van der Waals surface area contributed by atoms with Gasteiger partial charge in [-0.1, -0.05) is 0 Å². The van der Waals surface area contributed by atoms with Gasteiger partial charge in [-0.25, -0.2) is 8.42 Å². The third kappa shape index (κ3) is 3.59. The Morgan fingerprint density at radius 3 is 2.50 bits per heavy atom. The van der Waals surface area contributed by atoms with E-state index in [1.54, 1.807) is 12.1 Å². The lowest BCUT2D eigenvalue weighted by molar-refractivity contribution is 0.296. The van der Waals surface area contributed by atoms with Gasteiger partial charge in [0.15, 0.2) is 0 Å². The summed E-state index contributed by atoms with van der Waals surface area (Å²) in [4.78, 5) is 0. The minimum atomic E-state index is -3.62. The van der Waals surface area contributed by atoms with E-state index >= 15 is 0 Å². The van der Waals surface area contributed by atoms with Crippen molar-refractivity contribution >= 4 is 47.6 Å². The van der Waals surface area contributed by atoms with Gasteiger partial charge < -0.3 is 9.84 Å². The number of hydrogen-bond acceptors (Lipinski definition) is 4. The number of anilines is 1. The fraction of sp³-hybridized carbons (Fsp3) is 0.400. The number of benzene rings is 1. The average Bonchev–Trinajstić information content (AvgIpc) is 2.31. The van der Waals surface area contributed by atoms with Crippen LogP contribution in [0.15, 0.2) is 21.1 Å². The molecular weight excluding hydrogens is 390 g/mol. The smallest absolute Gasteiger partial charge is 0.237 e. The van der Waals surface area contributed by atoms with Crippen LogP contribution in [0.1, 0.15) is 6.92 Å². The van der Waals surface area contributed by atoms with Gasteiger partial charge in [0, 0.05) is 10.5 Å². The number of halogens is 2. The van der Waals surface area contributed by atoms with Gasteiger partial charge in [-0.15, -0.1) is 0 Å². The topological polar surface area (TPSA) is 75.6 Å². The minimum Gasteiger partial charge on any atom is -0.495 e. The van der Waals surface area contributed by atoms with E-state index in [0.717, 1.165) is 0 Å². The second-order valence-electron chi connectivity index (χ2n) is 3.61. The molecule has 1 atom stereocenters. The predicted octanol–water partition coefficient (Wildman–Crippen LogP) is 2.34. The first-order chi connectivity index (χ1) is 8.31. The van der Waals surface area contributed by atoms with Crippen molar-refractivity contribution in [3.05, 3.63) is 21.1 Å². The van der Waals surface area contributed by atoms with Crippen LogP contribution in [0.3, 0.4) is 0 Å². The molecule has 102 valence electrons. The first kappa shape index (κ1) is 15.7. The van der Waals surface area contributed by atoms with Crippen molar-refractivity contribution in [3.8, 4) is 5.75 Å². The number of sulfonamides is 1. The van der Waals surface area contributed by atoms with Crippen LogP contribution in [0, 0.1) is 0 Å². The van der Waals surface area contributed by atoms with E-state index in [-0.39, 0.29) is 0 Å². The lowest BCUT2D eigenvalue weighted by atomic mass is 10.3. The van der Waals surface area contributed by atoms with Crippen molar-refractivity contribution in [2.24, 2.45) is 0 Å². The molecular formula is C10H13Br2NO4S. The molecule has 5 nitrogen and oxygen atoms in total. The standard InChI is InChI=1S/C10H13Br2NO4S/c1-6(5-14)18(15,16)13-9-4-10(17-2)8(12)3-7(9)11/h3-4,6,13-14H,5H2,1-2H3. The summed E-state index contributed by atoms with van der Waals surface area (Å²) in [6.45, 7) is 0.979. The molecule has 1 unspecified atom stereocenters. The van der Waals surface area contributed by atoms with Crippen LogP contribution < -0.4 is 9.46 Å². The van der Waals surface area contributed by atoms with Gasteiger partial charge in [-0.3, -0.25) is 4.72 Å². The number of aliphatic hydroxyl groups is 1. The summed E-state index contributed by atoms with van der Waals surface area (Å²) < 4.78 is 32.4. The lowest BCUT2D eigenvalue weighted by Crippen LogP contribution is -2.28. The number of aliphatic hydroxyl groups excluding tert-OH is 1. The molecule has 18 heavy (non-hydrogen) atoms. The van der Waals surface area contributed by atoms with E-state index in [1.807, 2.05) is 0 Å². The van der Waals surface area contributed by atoms with Gasteiger partial charge in [-0.05, 0) is 44.8 Å². The van der Waals surface area contributed by atoms with Crippen LogP contribution in [0.2, 0.25) is 0 Å². The molecule has 2 N–H and O–H groups in total. The molecule has 1 rings (SSSR count). The fourth-order valence-corrected chi connectivity index (χ4v) is 3.37. The van der Waals surface area contributed by atoms with Crippen molar-refractivity contribution in [1.29, 1.82) is 0 Å². The monoisotopic (exact) mass is 401 g/mol. The molecule has 0 saturated carbocycles. The molecule has 0 fully saturated rings. The third-order valence-corrected chi connectivity index (χ3v) is 5.27. The maximum absolute atomic E-state index is 11.8. The van der Waals surface area contributed by atoms with Gasteiger partial charge >= 0.3 is 0 Å². The van der Waals surface area contributed by atoms with Gasteiger partial charge in [0.05, 0.1) is 23.9 Å². The van der Waals surface area contributed by atoms with E-state index in [0.29, 0.717) is 20.4 Å². The van der Waals surface area contributed by atoms with Crippen LogP contribution in [0.4, 0.5) is 5.69 Å². The summed E-state index contributed by atoms with van der Waals surface area (Å²) in [5, 5.41) is 8.01. The second-order valence-corrected chi connectivity index (χ2v) is 7.41. The Morgan fingerprint density at radius 1 is 1.39 bits per heavy atom. The average molecular weight is 403 g/mol. The first-order valence-electron chi connectivity index (χ1n) is 4.97. The Bertz CT molecular complexity index is 533. The molecule has 8 heteroatoms. The zero-order chi connectivity index (χ0) is 13.9. The molecule has 0 aliphatic heterocycles. The number of ether oxygens (including phenoxy) is 1. The molecule has 1 aromatic carbocycles. The van der Waals surface area contributed by atoms with E-state index in [1.165, 1.54) is 14.0 Å². The quantitative estimate of drug-likeness (QED) is 0.792. The molecule has 0 aromatic heterocycles. The molecule has 0 radical (unpaired) electrons. The molecule has 0 aliphatic rings. The molecule has 0 heterocycles. The zero-order valence-electron chi connectivity index (χ0n) is 9.78. The van der Waals surface area contributed by atoms with E-state index in [2.05, 4.69) is 36.6 Å². The number of methoxy groups -OCH3 is 1. The largest absolute Gasteiger partial charge is 0.495 e. The van der Waals surface area contributed by atoms with E-state index in [9.17, 15) is 8.42 Å². The van der Waals surface area contributed by atoms with Crippen molar-refractivity contribution < 1.29 is 18.3 Å². The van der Waals surface area contributed by atoms with Crippen molar-refractivity contribution in [3.63, 3.8) is 0 Å². The summed E-state index contributed by atoms with van der Waals surface area (Å²) in [6.07, 6.45) is 0. The van der Waals surface area contributed by atoms with Crippen LogP contribution in [-0.4, -0.2) is 32.5 Å². The van der Waals surface area contributed by atoms with Crippen molar-refractivity contribution in [1.82, 2.24) is 0 Å². The Hall–Kier alpha value is -0.310. The highest BCUT2D eigenvalue weighted by Crippen LogP contribution is 2.35. The number of nitrogens with one attached hydrogen (secondary N) is 1. The third-order valence-electron chi connectivity index (χ3n) is 2.28. The first-order valence-corrected chi connectivity index (χ1v) is 8.10. The van der Waals surface area contributed by atoms with Gasteiger partial charge in [0.2, 0.25) is 10.0 Å². The summed E-state index contributed by atoms with van der Waals surface area (Å²) in [6, 6.07) is 3.23. The summed E-state index contributed by atoms with van der Waals surface area (Å²) in [5.41, 5.74) is 0.357. The van der Waals surface area contributed by atoms with Crippen molar-refractivity contribution in [2.45, 2.75) is 12.2 Å². The highest BCUT2D eigenvalue weighted by Gasteiger charge is 2.21. The van der Waals surface area contributed by atoms with E-state index in [4.69, 9.17) is 9.84 Å². The summed E-state index contributed by atoms with van der Waals surface area (Å²) in [5.74, 6) is 0.507. The normalized spacial score (nSPS) is 13.2. The molecule has 0 saturated heterocycles. The molecule has 0 aliphatic carbocycles. The van der Waals surface area contributed by atoms with Crippen LogP contribution in [-0.2, 0) is 10.0 Å². The lowest BCUT2D eigenvalue weighted by Gasteiger charge is -2.15.